The van der Waals surface area contributed by atoms with E-state index in [2.05, 4.69) is 10.2 Å². The monoisotopic (exact) mass is 266 g/mol. The predicted octanol–water partition coefficient (Wildman–Crippen LogP) is 0.682. The minimum absolute atomic E-state index is 0.132. The summed E-state index contributed by atoms with van der Waals surface area (Å²) in [6.07, 6.45) is 4.28. The number of hydrogen-bond acceptors (Lipinski definition) is 4. The molecule has 0 saturated carbocycles. The summed E-state index contributed by atoms with van der Waals surface area (Å²) in [5.74, 6) is 1.36. The predicted molar refractivity (Wildman–Crippen MR) is 70.5 cm³/mol. The second kappa shape index (κ2) is 6.14. The van der Waals surface area contributed by atoms with E-state index in [0.29, 0.717) is 19.4 Å². The van der Waals surface area contributed by atoms with Gasteiger partial charge in [-0.1, -0.05) is 0 Å². The van der Waals surface area contributed by atoms with Crippen molar-refractivity contribution >= 4 is 5.91 Å². The van der Waals surface area contributed by atoms with E-state index in [4.69, 9.17) is 0 Å². The van der Waals surface area contributed by atoms with Gasteiger partial charge in [-0.25, -0.2) is 0 Å². The Kier molecular flexibility index (Phi) is 4.52. The molecule has 1 aromatic heterocycles. The standard InChI is InChI=1S/C13H22N4O2/c1-10(18)5-6-12(19)17-7-3-4-11(8-17)13-15-14-9-16(13)2/h9-11,18H,3-8H2,1-2H3. The first-order chi connectivity index (χ1) is 9.08. The lowest BCUT2D eigenvalue weighted by atomic mass is 9.96. The Morgan fingerprint density at radius 1 is 1.63 bits per heavy atom. The number of amides is 1. The molecule has 1 fully saturated rings. The molecule has 1 aliphatic rings. The summed E-state index contributed by atoms with van der Waals surface area (Å²) in [5.41, 5.74) is 0. The molecule has 6 nitrogen and oxygen atoms in total. The summed E-state index contributed by atoms with van der Waals surface area (Å²) >= 11 is 0. The summed E-state index contributed by atoms with van der Waals surface area (Å²) in [7, 11) is 1.93. The maximum Gasteiger partial charge on any atom is 0.222 e. The lowest BCUT2D eigenvalue weighted by molar-refractivity contribution is -0.133. The van der Waals surface area contributed by atoms with Crippen LogP contribution in [0, 0.1) is 0 Å². The Labute approximate surface area is 113 Å². The van der Waals surface area contributed by atoms with Crippen LogP contribution in [0.5, 0.6) is 0 Å². The number of aliphatic hydroxyl groups is 1. The summed E-state index contributed by atoms with van der Waals surface area (Å²) in [5, 5.41) is 17.3. The van der Waals surface area contributed by atoms with Gasteiger partial charge in [0.25, 0.3) is 0 Å². The van der Waals surface area contributed by atoms with Crippen molar-refractivity contribution in [2.75, 3.05) is 13.1 Å². The van der Waals surface area contributed by atoms with Crippen molar-refractivity contribution in [2.24, 2.45) is 7.05 Å². The van der Waals surface area contributed by atoms with Gasteiger partial charge < -0.3 is 14.6 Å². The second-order valence-corrected chi connectivity index (χ2v) is 5.37. The number of aromatic nitrogens is 3. The second-order valence-electron chi connectivity index (χ2n) is 5.37. The molecular weight excluding hydrogens is 244 g/mol. The maximum atomic E-state index is 12.1. The van der Waals surface area contributed by atoms with Gasteiger partial charge in [-0.15, -0.1) is 10.2 Å². The molecule has 0 aromatic carbocycles. The minimum Gasteiger partial charge on any atom is -0.393 e. The van der Waals surface area contributed by atoms with Crippen molar-refractivity contribution < 1.29 is 9.90 Å². The molecule has 19 heavy (non-hydrogen) atoms. The lowest BCUT2D eigenvalue weighted by Gasteiger charge is -2.32. The Bertz CT molecular complexity index is 430. The molecule has 2 unspecified atom stereocenters. The van der Waals surface area contributed by atoms with Crippen LogP contribution in [0.4, 0.5) is 0 Å². The number of nitrogens with zero attached hydrogens (tertiary/aromatic N) is 4. The molecule has 6 heteroatoms. The van der Waals surface area contributed by atoms with Gasteiger partial charge in [0.2, 0.25) is 5.91 Å². The molecule has 0 spiro atoms. The van der Waals surface area contributed by atoms with E-state index in [1.165, 1.54) is 0 Å². The summed E-state index contributed by atoms with van der Waals surface area (Å²) < 4.78 is 1.93. The van der Waals surface area contributed by atoms with Gasteiger partial charge in [-0.3, -0.25) is 4.79 Å². The SMILES string of the molecule is CC(O)CCC(=O)N1CCCC(c2nncn2C)C1. The van der Waals surface area contributed by atoms with E-state index >= 15 is 0 Å². The number of likely N-dealkylation sites (tertiary alicyclic amines) is 1. The molecular formula is C13H22N4O2. The van der Waals surface area contributed by atoms with E-state index < -0.39 is 6.10 Å². The molecule has 1 aromatic rings. The zero-order chi connectivity index (χ0) is 13.8. The first-order valence-corrected chi connectivity index (χ1v) is 6.87. The third kappa shape index (κ3) is 3.53. The zero-order valence-electron chi connectivity index (χ0n) is 11.6. The van der Waals surface area contributed by atoms with Crippen LogP contribution in [0.15, 0.2) is 6.33 Å². The fraction of sp³-hybridized carbons (Fsp3) is 0.769. The van der Waals surface area contributed by atoms with Crippen LogP contribution in [0.2, 0.25) is 0 Å². The first kappa shape index (κ1) is 14.0. The Balaban J connectivity index is 1.94. The van der Waals surface area contributed by atoms with Gasteiger partial charge in [0.1, 0.15) is 12.2 Å². The molecule has 2 heterocycles. The van der Waals surface area contributed by atoms with Crippen LogP contribution in [0.3, 0.4) is 0 Å². The fourth-order valence-electron chi connectivity index (χ4n) is 2.57. The molecule has 2 rings (SSSR count). The van der Waals surface area contributed by atoms with Crippen LogP contribution in [-0.2, 0) is 11.8 Å². The fourth-order valence-corrected chi connectivity index (χ4v) is 2.57. The summed E-state index contributed by atoms with van der Waals surface area (Å²) in [6.45, 7) is 3.24. The van der Waals surface area contributed by atoms with Crippen LogP contribution in [0.1, 0.15) is 44.3 Å². The number of rotatable bonds is 4. The largest absolute Gasteiger partial charge is 0.393 e. The normalized spacial score (nSPS) is 21.4. The topological polar surface area (TPSA) is 71.2 Å². The third-order valence-electron chi connectivity index (χ3n) is 3.66. The van der Waals surface area contributed by atoms with Crippen LogP contribution in [0.25, 0.3) is 0 Å². The molecule has 1 saturated heterocycles. The molecule has 1 N–H and O–H groups in total. The minimum atomic E-state index is -0.414. The quantitative estimate of drug-likeness (QED) is 0.870. The van der Waals surface area contributed by atoms with Crippen molar-refractivity contribution in [1.82, 2.24) is 19.7 Å². The number of piperidine rings is 1. The Morgan fingerprint density at radius 3 is 3.05 bits per heavy atom. The first-order valence-electron chi connectivity index (χ1n) is 6.87. The molecule has 106 valence electrons. The Hall–Kier alpha value is -1.43. The number of carbonyl (C=O) groups excluding carboxylic acids is 1. The highest BCUT2D eigenvalue weighted by Gasteiger charge is 2.27. The van der Waals surface area contributed by atoms with Crippen molar-refractivity contribution in [3.05, 3.63) is 12.2 Å². The number of hydrogen-bond donors (Lipinski definition) is 1. The molecule has 0 aliphatic carbocycles. The molecule has 0 radical (unpaired) electrons. The van der Waals surface area contributed by atoms with Gasteiger partial charge >= 0.3 is 0 Å². The van der Waals surface area contributed by atoms with Gasteiger partial charge in [0.15, 0.2) is 0 Å². The van der Waals surface area contributed by atoms with Crippen molar-refractivity contribution in [1.29, 1.82) is 0 Å². The summed E-state index contributed by atoms with van der Waals surface area (Å²) in [6, 6.07) is 0. The molecule has 0 bridgehead atoms. The van der Waals surface area contributed by atoms with E-state index in [1.807, 2.05) is 16.5 Å². The molecule has 1 aliphatic heterocycles. The third-order valence-corrected chi connectivity index (χ3v) is 3.66. The van der Waals surface area contributed by atoms with Crippen molar-refractivity contribution in [2.45, 2.75) is 44.6 Å². The van der Waals surface area contributed by atoms with E-state index in [1.54, 1.807) is 13.3 Å². The zero-order valence-corrected chi connectivity index (χ0v) is 11.6. The lowest BCUT2D eigenvalue weighted by Crippen LogP contribution is -2.39. The maximum absolute atomic E-state index is 12.1. The van der Waals surface area contributed by atoms with Gasteiger partial charge in [0, 0.05) is 32.5 Å². The van der Waals surface area contributed by atoms with E-state index in [-0.39, 0.29) is 11.8 Å². The number of aliphatic hydroxyl groups excluding tert-OH is 1. The van der Waals surface area contributed by atoms with Crippen molar-refractivity contribution in [3.63, 3.8) is 0 Å². The summed E-state index contributed by atoms with van der Waals surface area (Å²) in [4.78, 5) is 14.0. The van der Waals surface area contributed by atoms with E-state index in [0.717, 1.165) is 25.2 Å². The highest BCUT2D eigenvalue weighted by Crippen LogP contribution is 2.25. The Morgan fingerprint density at radius 2 is 2.42 bits per heavy atom. The number of aryl methyl sites for hydroxylation is 1. The van der Waals surface area contributed by atoms with Crippen molar-refractivity contribution in [3.8, 4) is 0 Å². The van der Waals surface area contributed by atoms with Gasteiger partial charge in [-0.2, -0.15) is 0 Å². The van der Waals surface area contributed by atoms with Gasteiger partial charge in [-0.05, 0) is 26.2 Å². The molecule has 2 atom stereocenters. The van der Waals surface area contributed by atoms with E-state index in [9.17, 15) is 9.90 Å². The van der Waals surface area contributed by atoms with Crippen LogP contribution >= 0.6 is 0 Å². The number of carbonyl (C=O) groups is 1. The van der Waals surface area contributed by atoms with Crippen LogP contribution in [-0.4, -0.2) is 49.9 Å². The van der Waals surface area contributed by atoms with Crippen LogP contribution < -0.4 is 0 Å². The highest BCUT2D eigenvalue weighted by atomic mass is 16.3. The molecule has 1 amide bonds. The van der Waals surface area contributed by atoms with Gasteiger partial charge in [0.05, 0.1) is 6.10 Å². The average Bonchev–Trinajstić information content (AvgIpc) is 2.82. The smallest absolute Gasteiger partial charge is 0.222 e. The highest BCUT2D eigenvalue weighted by molar-refractivity contribution is 5.76. The average molecular weight is 266 g/mol.